The number of amides is 1. The molecule has 1 heterocycles. The molecule has 2 N–H and O–H groups in total. The molecule has 0 spiro atoms. The van der Waals surface area contributed by atoms with Gasteiger partial charge in [-0.15, -0.1) is 0 Å². The summed E-state index contributed by atoms with van der Waals surface area (Å²) in [5.41, 5.74) is 1.07. The molecule has 1 aliphatic heterocycles. The minimum absolute atomic E-state index is 0.158. The molecule has 1 aliphatic carbocycles. The summed E-state index contributed by atoms with van der Waals surface area (Å²) in [6, 6.07) is 7.70. The Morgan fingerprint density at radius 1 is 1.17 bits per heavy atom. The zero-order valence-corrected chi connectivity index (χ0v) is 14.4. The van der Waals surface area contributed by atoms with E-state index in [2.05, 4.69) is 5.32 Å². The molecule has 1 aromatic rings. The molecule has 132 valence electrons. The Morgan fingerprint density at radius 3 is 2.50 bits per heavy atom. The van der Waals surface area contributed by atoms with E-state index in [1.807, 2.05) is 12.1 Å². The summed E-state index contributed by atoms with van der Waals surface area (Å²) in [4.78, 5) is 12.9. The topological polar surface area (TPSA) is 58.6 Å². The number of benzene rings is 1. The van der Waals surface area contributed by atoms with Crippen LogP contribution in [-0.2, 0) is 16.0 Å². The molecule has 0 aromatic heterocycles. The van der Waals surface area contributed by atoms with Crippen LogP contribution >= 0.6 is 0 Å². The molecule has 0 atom stereocenters. The van der Waals surface area contributed by atoms with Crippen LogP contribution in [0.4, 0.5) is 0 Å². The molecule has 1 saturated carbocycles. The van der Waals surface area contributed by atoms with Gasteiger partial charge in [-0.05, 0) is 62.6 Å². The zero-order chi connectivity index (χ0) is 16.8. The Hall–Kier alpha value is -1.55. The Morgan fingerprint density at radius 2 is 1.83 bits per heavy atom. The molecule has 4 heteroatoms. The number of phenolic OH excluding ortho intramolecular Hbond substituents is 1. The highest BCUT2D eigenvalue weighted by Crippen LogP contribution is 2.42. The fourth-order valence-electron chi connectivity index (χ4n) is 4.12. The van der Waals surface area contributed by atoms with Crippen molar-refractivity contribution < 1.29 is 14.6 Å². The maximum atomic E-state index is 12.9. The molecule has 0 bridgehead atoms. The van der Waals surface area contributed by atoms with E-state index in [1.165, 1.54) is 18.4 Å². The molecule has 1 aromatic carbocycles. The zero-order valence-electron chi connectivity index (χ0n) is 14.4. The Labute approximate surface area is 144 Å². The summed E-state index contributed by atoms with van der Waals surface area (Å²) in [6.45, 7) is 1.53. The summed E-state index contributed by atoms with van der Waals surface area (Å²) in [5.74, 6) is 0.583. The lowest BCUT2D eigenvalue weighted by Crippen LogP contribution is -2.46. The third-order valence-electron chi connectivity index (χ3n) is 5.66. The highest BCUT2D eigenvalue weighted by Gasteiger charge is 2.41. The molecule has 0 unspecified atom stereocenters. The van der Waals surface area contributed by atoms with E-state index in [-0.39, 0.29) is 11.3 Å². The maximum absolute atomic E-state index is 12.9. The number of hydrogen-bond donors (Lipinski definition) is 2. The van der Waals surface area contributed by atoms with Crippen LogP contribution in [0.15, 0.2) is 24.3 Å². The third-order valence-corrected chi connectivity index (χ3v) is 5.66. The summed E-state index contributed by atoms with van der Waals surface area (Å²) in [5, 5.41) is 12.7. The number of phenols is 1. The first-order valence-electron chi connectivity index (χ1n) is 9.35. The lowest BCUT2D eigenvalue weighted by Gasteiger charge is -2.32. The van der Waals surface area contributed by atoms with E-state index < -0.39 is 0 Å². The van der Waals surface area contributed by atoms with Gasteiger partial charge in [0.05, 0.1) is 0 Å². The quantitative estimate of drug-likeness (QED) is 0.838. The summed E-state index contributed by atoms with van der Waals surface area (Å²) < 4.78 is 5.39. The van der Waals surface area contributed by atoms with Crippen LogP contribution in [0.25, 0.3) is 0 Å². The number of nitrogens with one attached hydrogen (secondary N) is 1. The van der Waals surface area contributed by atoms with Gasteiger partial charge in [-0.2, -0.15) is 0 Å². The van der Waals surface area contributed by atoms with Gasteiger partial charge in [0, 0.05) is 24.7 Å². The molecule has 2 fully saturated rings. The van der Waals surface area contributed by atoms with Crippen molar-refractivity contribution in [2.24, 2.45) is 5.41 Å². The van der Waals surface area contributed by atoms with Gasteiger partial charge in [0.15, 0.2) is 0 Å². The van der Waals surface area contributed by atoms with Crippen molar-refractivity contribution in [3.05, 3.63) is 29.8 Å². The van der Waals surface area contributed by atoms with Gasteiger partial charge in [-0.25, -0.2) is 0 Å². The maximum Gasteiger partial charge on any atom is 0.226 e. The summed E-state index contributed by atoms with van der Waals surface area (Å²) in [7, 11) is 0. The molecule has 4 nitrogen and oxygen atoms in total. The van der Waals surface area contributed by atoms with Crippen LogP contribution in [0.3, 0.4) is 0 Å². The molecule has 0 radical (unpaired) electrons. The second kappa shape index (κ2) is 8.02. The van der Waals surface area contributed by atoms with Crippen LogP contribution in [0.5, 0.6) is 5.75 Å². The molecule has 2 aliphatic rings. The van der Waals surface area contributed by atoms with Gasteiger partial charge in [-0.1, -0.05) is 25.0 Å². The highest BCUT2D eigenvalue weighted by atomic mass is 16.5. The first-order chi connectivity index (χ1) is 11.7. The first kappa shape index (κ1) is 17.3. The monoisotopic (exact) mass is 331 g/mol. The molecule has 1 amide bonds. The van der Waals surface area contributed by atoms with E-state index in [0.29, 0.717) is 11.8 Å². The number of rotatable bonds is 6. The van der Waals surface area contributed by atoms with Gasteiger partial charge in [0.2, 0.25) is 5.91 Å². The van der Waals surface area contributed by atoms with E-state index in [4.69, 9.17) is 4.74 Å². The Bertz CT molecular complexity index is 528. The number of ether oxygens (including phenoxy) is 1. The Balaban J connectivity index is 1.54. The second-order valence-electron chi connectivity index (χ2n) is 7.37. The number of carbonyl (C=O) groups excluding carboxylic acids is 1. The second-order valence-corrected chi connectivity index (χ2v) is 7.37. The fourth-order valence-corrected chi connectivity index (χ4v) is 4.12. The molecule has 3 rings (SSSR count). The highest BCUT2D eigenvalue weighted by molar-refractivity contribution is 5.83. The number of aryl methyl sites for hydroxylation is 1. The van der Waals surface area contributed by atoms with Crippen LogP contribution < -0.4 is 5.32 Å². The first-order valence-corrected chi connectivity index (χ1v) is 9.35. The molecule has 1 saturated heterocycles. The number of carbonyl (C=O) groups is 1. The van der Waals surface area contributed by atoms with Gasteiger partial charge in [-0.3, -0.25) is 4.79 Å². The van der Waals surface area contributed by atoms with Gasteiger partial charge in [0.1, 0.15) is 5.75 Å². The summed E-state index contributed by atoms with van der Waals surface area (Å²) >= 11 is 0. The lowest BCUT2D eigenvalue weighted by molar-refractivity contribution is -0.132. The van der Waals surface area contributed by atoms with E-state index in [1.54, 1.807) is 12.1 Å². The van der Waals surface area contributed by atoms with Crippen molar-refractivity contribution >= 4 is 5.91 Å². The van der Waals surface area contributed by atoms with Crippen molar-refractivity contribution in [2.75, 3.05) is 13.2 Å². The van der Waals surface area contributed by atoms with E-state index in [0.717, 1.165) is 58.2 Å². The minimum atomic E-state index is -0.158. The van der Waals surface area contributed by atoms with Gasteiger partial charge < -0.3 is 15.2 Å². The third kappa shape index (κ3) is 4.29. The molecular weight excluding hydrogens is 302 g/mol. The Kier molecular flexibility index (Phi) is 5.77. The van der Waals surface area contributed by atoms with Gasteiger partial charge >= 0.3 is 0 Å². The van der Waals surface area contributed by atoms with Crippen LogP contribution in [0, 0.1) is 5.41 Å². The van der Waals surface area contributed by atoms with E-state index in [9.17, 15) is 9.90 Å². The largest absolute Gasteiger partial charge is 0.508 e. The van der Waals surface area contributed by atoms with Crippen LogP contribution in [-0.4, -0.2) is 30.3 Å². The van der Waals surface area contributed by atoms with Crippen LogP contribution in [0.2, 0.25) is 0 Å². The predicted molar refractivity (Wildman–Crippen MR) is 93.9 cm³/mol. The van der Waals surface area contributed by atoms with Crippen molar-refractivity contribution in [1.82, 2.24) is 5.32 Å². The predicted octanol–water partition coefficient (Wildman–Crippen LogP) is 3.57. The normalized spacial score (nSPS) is 20.8. The summed E-state index contributed by atoms with van der Waals surface area (Å²) in [6.07, 6.45) is 9.21. The van der Waals surface area contributed by atoms with Crippen LogP contribution in [0.1, 0.15) is 56.9 Å². The smallest absolute Gasteiger partial charge is 0.226 e. The molecular formula is C20H29NO3. The standard InChI is InChI=1S/C20H29NO3/c22-18-7-5-16(6-8-18)4-3-13-20(11-1-2-12-20)19(23)21-17-9-14-24-15-10-17/h5-8,17,22H,1-4,9-15H2,(H,21,23). The number of hydrogen-bond acceptors (Lipinski definition) is 3. The molecule has 24 heavy (non-hydrogen) atoms. The van der Waals surface area contributed by atoms with E-state index >= 15 is 0 Å². The minimum Gasteiger partial charge on any atom is -0.508 e. The van der Waals surface area contributed by atoms with Gasteiger partial charge in [0.25, 0.3) is 0 Å². The van der Waals surface area contributed by atoms with Crippen molar-refractivity contribution in [2.45, 2.75) is 63.8 Å². The fraction of sp³-hybridized carbons (Fsp3) is 0.650. The average Bonchev–Trinajstić information content (AvgIpc) is 3.08. The number of aromatic hydroxyl groups is 1. The van der Waals surface area contributed by atoms with Crippen molar-refractivity contribution in [1.29, 1.82) is 0 Å². The average molecular weight is 331 g/mol. The van der Waals surface area contributed by atoms with Crippen molar-refractivity contribution in [3.8, 4) is 5.75 Å². The van der Waals surface area contributed by atoms with Crippen molar-refractivity contribution in [3.63, 3.8) is 0 Å². The SMILES string of the molecule is O=C(NC1CCOCC1)C1(CCCc2ccc(O)cc2)CCCC1. The lowest BCUT2D eigenvalue weighted by atomic mass is 9.79.